The fraction of sp³-hybridized carbons (Fsp3) is 0.556. The van der Waals surface area contributed by atoms with Gasteiger partial charge < -0.3 is 10.1 Å². The first-order valence-electron chi connectivity index (χ1n) is 7.48. The van der Waals surface area contributed by atoms with Crippen LogP contribution in [0.4, 0.5) is 0 Å². The minimum absolute atomic E-state index is 0.708. The molecule has 2 heteroatoms. The molecular formula is C18H29NO. The molecule has 0 aromatic heterocycles. The summed E-state index contributed by atoms with van der Waals surface area (Å²) in [5, 5.41) is 3.47. The van der Waals surface area contributed by atoms with Gasteiger partial charge in [-0.05, 0) is 69.0 Å². The molecule has 1 aromatic rings. The van der Waals surface area contributed by atoms with Gasteiger partial charge in [0.05, 0.1) is 7.11 Å². The summed E-state index contributed by atoms with van der Waals surface area (Å²) in [6, 6.07) is 4.32. The smallest absolute Gasteiger partial charge is 0.126 e. The van der Waals surface area contributed by atoms with E-state index in [1.54, 1.807) is 7.11 Å². The van der Waals surface area contributed by atoms with Crippen LogP contribution in [-0.4, -0.2) is 20.2 Å². The minimum Gasteiger partial charge on any atom is -0.496 e. The van der Waals surface area contributed by atoms with Gasteiger partial charge in [0.25, 0.3) is 0 Å². The molecule has 20 heavy (non-hydrogen) atoms. The Balaban J connectivity index is 2.73. The second kappa shape index (κ2) is 8.11. The van der Waals surface area contributed by atoms with Crippen LogP contribution < -0.4 is 10.1 Å². The number of hydrogen-bond acceptors (Lipinski definition) is 2. The van der Waals surface area contributed by atoms with E-state index in [1.807, 2.05) is 0 Å². The number of aryl methyl sites for hydroxylation is 2. The number of methoxy groups -OCH3 is 1. The third kappa shape index (κ3) is 5.01. The van der Waals surface area contributed by atoms with Crippen molar-refractivity contribution in [3.63, 3.8) is 0 Å². The van der Waals surface area contributed by atoms with E-state index >= 15 is 0 Å². The molecule has 1 rings (SSSR count). The van der Waals surface area contributed by atoms with Crippen molar-refractivity contribution in [1.82, 2.24) is 5.32 Å². The molecule has 1 aromatic carbocycles. The summed E-state index contributed by atoms with van der Waals surface area (Å²) in [6.45, 7) is 13.0. The molecule has 0 atom stereocenters. The van der Waals surface area contributed by atoms with Crippen LogP contribution in [0.25, 0.3) is 5.57 Å². The van der Waals surface area contributed by atoms with Gasteiger partial charge in [0.2, 0.25) is 0 Å². The first kappa shape index (κ1) is 16.8. The second-order valence-electron chi connectivity index (χ2n) is 5.93. The SMILES string of the molecule is COc1cc(C)cc(C)c1/C(C)=C/CCNCC(C)C. The first-order valence-corrected chi connectivity index (χ1v) is 7.48. The van der Waals surface area contributed by atoms with E-state index in [1.165, 1.54) is 22.3 Å². The van der Waals surface area contributed by atoms with Crippen molar-refractivity contribution in [2.24, 2.45) is 5.92 Å². The molecule has 0 aliphatic heterocycles. The molecule has 0 aliphatic rings. The minimum atomic E-state index is 0.708. The summed E-state index contributed by atoms with van der Waals surface area (Å²) in [5.74, 6) is 1.69. The Labute approximate surface area is 124 Å². The molecule has 0 radical (unpaired) electrons. The molecule has 0 saturated carbocycles. The lowest BCUT2D eigenvalue weighted by atomic mass is 9.97. The van der Waals surface area contributed by atoms with Crippen LogP contribution in [0.3, 0.4) is 0 Å². The van der Waals surface area contributed by atoms with Gasteiger partial charge >= 0.3 is 0 Å². The zero-order valence-electron chi connectivity index (χ0n) is 13.8. The number of rotatable bonds is 7. The maximum atomic E-state index is 5.53. The van der Waals surface area contributed by atoms with E-state index in [-0.39, 0.29) is 0 Å². The highest BCUT2D eigenvalue weighted by Crippen LogP contribution is 2.30. The predicted octanol–water partition coefficient (Wildman–Crippen LogP) is 4.35. The lowest BCUT2D eigenvalue weighted by molar-refractivity contribution is 0.413. The second-order valence-corrected chi connectivity index (χ2v) is 5.93. The van der Waals surface area contributed by atoms with Crippen LogP contribution in [0, 0.1) is 19.8 Å². The number of benzene rings is 1. The summed E-state index contributed by atoms with van der Waals surface area (Å²) >= 11 is 0. The van der Waals surface area contributed by atoms with Gasteiger partial charge in [-0.2, -0.15) is 0 Å². The molecule has 1 N–H and O–H groups in total. The average Bonchev–Trinajstić information content (AvgIpc) is 2.36. The molecule has 0 amide bonds. The van der Waals surface area contributed by atoms with E-state index in [0.717, 1.165) is 25.3 Å². The topological polar surface area (TPSA) is 21.3 Å². The quantitative estimate of drug-likeness (QED) is 0.747. The number of hydrogen-bond donors (Lipinski definition) is 1. The van der Waals surface area contributed by atoms with Crippen molar-refractivity contribution in [3.8, 4) is 5.75 Å². The van der Waals surface area contributed by atoms with Gasteiger partial charge in [0, 0.05) is 5.56 Å². The fourth-order valence-electron chi connectivity index (χ4n) is 2.48. The highest BCUT2D eigenvalue weighted by atomic mass is 16.5. The predicted molar refractivity (Wildman–Crippen MR) is 88.4 cm³/mol. The van der Waals surface area contributed by atoms with Gasteiger partial charge in [-0.15, -0.1) is 0 Å². The standard InChI is InChI=1S/C18H29NO/c1-13(2)12-19-9-7-8-15(4)18-16(5)10-14(3)11-17(18)20-6/h8,10-11,13,19H,7,9,12H2,1-6H3/b15-8+. The highest BCUT2D eigenvalue weighted by Gasteiger charge is 2.09. The highest BCUT2D eigenvalue weighted by molar-refractivity contribution is 5.72. The lowest BCUT2D eigenvalue weighted by Crippen LogP contribution is -2.20. The molecule has 0 aliphatic carbocycles. The number of nitrogens with one attached hydrogen (secondary N) is 1. The Kier molecular flexibility index (Phi) is 6.80. The molecule has 0 bridgehead atoms. The maximum absolute atomic E-state index is 5.53. The fourth-order valence-corrected chi connectivity index (χ4v) is 2.48. The molecule has 0 saturated heterocycles. The van der Waals surface area contributed by atoms with Crippen LogP contribution in [0.15, 0.2) is 18.2 Å². The monoisotopic (exact) mass is 275 g/mol. The number of ether oxygens (including phenoxy) is 1. The van der Waals surface area contributed by atoms with Crippen molar-refractivity contribution in [2.45, 2.75) is 41.0 Å². The van der Waals surface area contributed by atoms with Crippen molar-refractivity contribution < 1.29 is 4.74 Å². The summed E-state index contributed by atoms with van der Waals surface area (Å²) in [4.78, 5) is 0. The van der Waals surface area contributed by atoms with Crippen molar-refractivity contribution in [1.29, 1.82) is 0 Å². The molecule has 112 valence electrons. The average molecular weight is 275 g/mol. The van der Waals surface area contributed by atoms with Gasteiger partial charge in [0.15, 0.2) is 0 Å². The molecule has 0 fully saturated rings. The largest absolute Gasteiger partial charge is 0.496 e. The first-order chi connectivity index (χ1) is 9.45. The Bertz CT molecular complexity index is 461. The van der Waals surface area contributed by atoms with Crippen molar-refractivity contribution in [2.75, 3.05) is 20.2 Å². The summed E-state index contributed by atoms with van der Waals surface area (Å²) in [5.41, 5.74) is 5.06. The molecule has 2 nitrogen and oxygen atoms in total. The Morgan fingerprint density at radius 2 is 2.00 bits per heavy atom. The van der Waals surface area contributed by atoms with Crippen molar-refractivity contribution >= 4 is 5.57 Å². The van der Waals surface area contributed by atoms with Gasteiger partial charge in [0.1, 0.15) is 5.75 Å². The van der Waals surface area contributed by atoms with Gasteiger partial charge in [-0.3, -0.25) is 0 Å². The van der Waals surface area contributed by atoms with E-state index in [9.17, 15) is 0 Å². The van der Waals surface area contributed by atoms with Gasteiger partial charge in [-0.25, -0.2) is 0 Å². The van der Waals surface area contributed by atoms with Crippen LogP contribution in [0.5, 0.6) is 5.75 Å². The Hall–Kier alpha value is -1.28. The van der Waals surface area contributed by atoms with E-state index < -0.39 is 0 Å². The summed E-state index contributed by atoms with van der Waals surface area (Å²) in [6.07, 6.45) is 3.35. The molecule has 0 unspecified atom stereocenters. The Morgan fingerprint density at radius 1 is 1.30 bits per heavy atom. The molecule has 0 spiro atoms. The van der Waals surface area contributed by atoms with Gasteiger partial charge in [-0.1, -0.05) is 26.0 Å². The van der Waals surface area contributed by atoms with Crippen LogP contribution in [0.1, 0.15) is 43.9 Å². The zero-order chi connectivity index (χ0) is 15.1. The normalized spacial score (nSPS) is 12.1. The third-order valence-corrected chi connectivity index (χ3v) is 3.38. The lowest BCUT2D eigenvalue weighted by Gasteiger charge is -2.14. The molecular weight excluding hydrogens is 246 g/mol. The van der Waals surface area contributed by atoms with E-state index in [4.69, 9.17) is 4.74 Å². The Morgan fingerprint density at radius 3 is 2.60 bits per heavy atom. The zero-order valence-corrected chi connectivity index (χ0v) is 13.8. The van der Waals surface area contributed by atoms with Crippen LogP contribution in [-0.2, 0) is 0 Å². The molecule has 0 heterocycles. The summed E-state index contributed by atoms with van der Waals surface area (Å²) in [7, 11) is 1.75. The van der Waals surface area contributed by atoms with Crippen molar-refractivity contribution in [3.05, 3.63) is 34.9 Å². The van der Waals surface area contributed by atoms with E-state index in [2.05, 4.69) is 58.1 Å². The maximum Gasteiger partial charge on any atom is 0.126 e. The summed E-state index contributed by atoms with van der Waals surface area (Å²) < 4.78 is 5.53. The van der Waals surface area contributed by atoms with Crippen LogP contribution in [0.2, 0.25) is 0 Å². The third-order valence-electron chi connectivity index (χ3n) is 3.38. The van der Waals surface area contributed by atoms with E-state index in [0.29, 0.717) is 5.92 Å². The van der Waals surface area contributed by atoms with Crippen LogP contribution >= 0.6 is 0 Å². The number of allylic oxidation sites excluding steroid dienone is 1.